The van der Waals surface area contributed by atoms with Gasteiger partial charge in [-0.2, -0.15) is 49.5 Å². The Kier molecular flexibility index (Phi) is 9.81. The van der Waals surface area contributed by atoms with Crippen LogP contribution in [0.2, 0.25) is 0 Å². The van der Waals surface area contributed by atoms with Crippen LogP contribution in [0.5, 0.6) is 11.8 Å². The van der Waals surface area contributed by atoms with Gasteiger partial charge >= 0.3 is 18.5 Å². The number of halogens is 9. The molecule has 0 fully saturated rings. The highest BCUT2D eigenvalue weighted by molar-refractivity contribution is 5.52. The number of alkyl halides is 9. The molecule has 15 heteroatoms. The van der Waals surface area contributed by atoms with Gasteiger partial charge in [-0.15, -0.1) is 0 Å². The maximum absolute atomic E-state index is 12.3. The first-order valence-electron chi connectivity index (χ1n) is 9.04. The minimum Gasteiger partial charge on any atom is -0.468 e. The zero-order valence-electron chi connectivity index (χ0n) is 17.6. The van der Waals surface area contributed by atoms with Crippen molar-refractivity contribution in [2.24, 2.45) is 0 Å². The number of rotatable bonds is 8. The number of nitrogens with zero attached hydrogens (tertiary/aromatic N) is 2. The third-order valence-electron chi connectivity index (χ3n) is 3.06. The maximum atomic E-state index is 12.3. The van der Waals surface area contributed by atoms with Gasteiger partial charge in [-0.25, -0.2) is 0 Å². The molecule has 0 aliphatic rings. The van der Waals surface area contributed by atoms with E-state index in [-0.39, 0.29) is 18.7 Å². The van der Waals surface area contributed by atoms with Gasteiger partial charge in [-0.3, -0.25) is 0 Å². The molecule has 34 heavy (non-hydrogen) atoms. The fourth-order valence-corrected chi connectivity index (χ4v) is 1.90. The molecule has 190 valence electrons. The molecule has 0 aliphatic heterocycles. The molecule has 0 aliphatic carbocycles. The zero-order valence-corrected chi connectivity index (χ0v) is 17.6. The largest absolute Gasteiger partial charge is 0.468 e. The molecule has 2 N–H and O–H groups in total. The first kappa shape index (κ1) is 28.6. The van der Waals surface area contributed by atoms with E-state index >= 15 is 0 Å². The van der Waals surface area contributed by atoms with Gasteiger partial charge in [-0.1, -0.05) is 24.3 Å². The van der Waals surface area contributed by atoms with E-state index in [0.717, 1.165) is 11.6 Å². The number of hydrogen-bond donors (Lipinski definition) is 2. The number of benzene rings is 1. The number of aromatic nitrogens is 2. The Hall–Kier alpha value is -3.39. The standard InChI is InChI=1S/C17H16F6N4O2.C2H3F3/c1-10-3-5-12(6-4-10)24-11(2)25-15-26-13(28-8-16(18,19)20)7-14(27-15)29-9-17(21,22)23;1-2(3,4)5/h3-7,24H,2,8-9H2,1H3,(H,25,26,27);1H3. The Labute approximate surface area is 187 Å². The monoisotopic (exact) mass is 506 g/mol. The number of aryl methyl sites for hydroxylation is 1. The van der Waals surface area contributed by atoms with Crippen LogP contribution in [-0.2, 0) is 0 Å². The molecule has 1 aromatic carbocycles. The average molecular weight is 506 g/mol. The fourth-order valence-electron chi connectivity index (χ4n) is 1.90. The second kappa shape index (κ2) is 11.7. The van der Waals surface area contributed by atoms with Crippen molar-refractivity contribution in [3.8, 4) is 11.8 Å². The molecule has 1 aromatic heterocycles. The molecule has 0 unspecified atom stereocenters. The number of hydrogen-bond acceptors (Lipinski definition) is 6. The van der Waals surface area contributed by atoms with E-state index < -0.39 is 43.5 Å². The highest BCUT2D eigenvalue weighted by Gasteiger charge is 2.30. The molecule has 0 spiro atoms. The van der Waals surface area contributed by atoms with Crippen LogP contribution in [0.25, 0.3) is 0 Å². The van der Waals surface area contributed by atoms with Crippen molar-refractivity contribution in [2.45, 2.75) is 32.4 Å². The third kappa shape index (κ3) is 14.6. The van der Waals surface area contributed by atoms with Crippen LogP contribution >= 0.6 is 0 Å². The number of nitrogens with one attached hydrogen (secondary N) is 2. The predicted molar refractivity (Wildman–Crippen MR) is 104 cm³/mol. The van der Waals surface area contributed by atoms with E-state index in [9.17, 15) is 39.5 Å². The van der Waals surface area contributed by atoms with E-state index in [1.165, 1.54) is 0 Å². The molecule has 2 rings (SSSR count). The maximum Gasteiger partial charge on any atom is 0.422 e. The van der Waals surface area contributed by atoms with Crippen molar-refractivity contribution < 1.29 is 49.0 Å². The van der Waals surface area contributed by atoms with Gasteiger partial charge in [0.2, 0.25) is 17.7 Å². The summed E-state index contributed by atoms with van der Waals surface area (Å²) < 4.78 is 114. The topological polar surface area (TPSA) is 68.3 Å². The van der Waals surface area contributed by atoms with E-state index in [1.54, 1.807) is 12.1 Å². The van der Waals surface area contributed by atoms with Crippen molar-refractivity contribution in [2.75, 3.05) is 23.8 Å². The Morgan fingerprint density at radius 3 is 1.62 bits per heavy atom. The van der Waals surface area contributed by atoms with Crippen LogP contribution in [0, 0.1) is 6.92 Å². The van der Waals surface area contributed by atoms with Crippen LogP contribution in [0.1, 0.15) is 12.5 Å². The smallest absolute Gasteiger partial charge is 0.422 e. The fraction of sp³-hybridized carbons (Fsp3) is 0.368. The molecule has 0 saturated carbocycles. The average Bonchev–Trinajstić information content (AvgIpc) is 2.64. The van der Waals surface area contributed by atoms with Gasteiger partial charge in [-0.05, 0) is 19.1 Å². The molecule has 0 bridgehead atoms. The van der Waals surface area contributed by atoms with Crippen molar-refractivity contribution in [1.82, 2.24) is 9.97 Å². The van der Waals surface area contributed by atoms with Crippen LogP contribution in [0.4, 0.5) is 51.1 Å². The normalized spacial score (nSPS) is 11.7. The van der Waals surface area contributed by atoms with Gasteiger partial charge in [0.25, 0.3) is 0 Å². The number of ether oxygens (including phenoxy) is 2. The lowest BCUT2D eigenvalue weighted by atomic mass is 10.2. The summed E-state index contributed by atoms with van der Waals surface area (Å²) in [6.07, 6.45) is -13.3. The van der Waals surface area contributed by atoms with Crippen molar-refractivity contribution in [3.05, 3.63) is 48.3 Å². The third-order valence-corrected chi connectivity index (χ3v) is 3.06. The Balaban J connectivity index is 0.00000104. The minimum atomic E-state index is -4.66. The van der Waals surface area contributed by atoms with Crippen LogP contribution in [0.15, 0.2) is 42.7 Å². The molecular weight excluding hydrogens is 487 g/mol. The molecule has 2 aromatic rings. The lowest BCUT2D eigenvalue weighted by Crippen LogP contribution is -2.21. The molecule has 0 atom stereocenters. The summed E-state index contributed by atoms with van der Waals surface area (Å²) in [4.78, 5) is 7.34. The predicted octanol–water partition coefficient (Wildman–Crippen LogP) is 6.23. The van der Waals surface area contributed by atoms with E-state index in [2.05, 4.69) is 36.7 Å². The summed E-state index contributed by atoms with van der Waals surface area (Å²) in [7, 11) is 0. The van der Waals surface area contributed by atoms with E-state index in [4.69, 9.17) is 0 Å². The molecule has 6 nitrogen and oxygen atoms in total. The highest BCUT2D eigenvalue weighted by atomic mass is 19.4. The Bertz CT molecular complexity index is 885. The second-order valence-corrected chi connectivity index (χ2v) is 6.55. The summed E-state index contributed by atoms with van der Waals surface area (Å²) in [6, 6.07) is 7.84. The first-order chi connectivity index (χ1) is 15.4. The lowest BCUT2D eigenvalue weighted by molar-refractivity contribution is -0.154. The van der Waals surface area contributed by atoms with Gasteiger partial charge in [0.1, 0.15) is 5.82 Å². The van der Waals surface area contributed by atoms with Gasteiger partial charge in [0.05, 0.1) is 6.07 Å². The second-order valence-electron chi connectivity index (χ2n) is 6.55. The quantitative estimate of drug-likeness (QED) is 0.414. The minimum absolute atomic E-state index is 0.114. The molecule has 0 radical (unpaired) electrons. The Morgan fingerprint density at radius 2 is 1.24 bits per heavy atom. The summed E-state index contributed by atoms with van der Waals surface area (Å²) in [5.74, 6) is -1.50. The van der Waals surface area contributed by atoms with Crippen molar-refractivity contribution in [3.63, 3.8) is 0 Å². The molecule has 0 amide bonds. The lowest BCUT2D eigenvalue weighted by Gasteiger charge is -2.15. The summed E-state index contributed by atoms with van der Waals surface area (Å²) in [5.41, 5.74) is 1.64. The van der Waals surface area contributed by atoms with Crippen LogP contribution in [-0.4, -0.2) is 41.7 Å². The molecular formula is C19H19F9N4O2. The van der Waals surface area contributed by atoms with E-state index in [0.29, 0.717) is 5.69 Å². The zero-order chi connectivity index (χ0) is 26.2. The van der Waals surface area contributed by atoms with Crippen LogP contribution < -0.4 is 20.1 Å². The summed E-state index contributed by atoms with van der Waals surface area (Å²) in [5, 5.41) is 5.37. The van der Waals surface area contributed by atoms with Gasteiger partial charge in [0, 0.05) is 12.6 Å². The SMILES string of the molecule is C=C(Nc1ccc(C)cc1)Nc1nc(OCC(F)(F)F)cc(OCC(F)(F)F)n1.CC(F)(F)F. The first-order valence-corrected chi connectivity index (χ1v) is 9.04. The van der Waals surface area contributed by atoms with Crippen molar-refractivity contribution in [1.29, 1.82) is 0 Å². The Morgan fingerprint density at radius 1 is 0.824 bits per heavy atom. The van der Waals surface area contributed by atoms with Crippen LogP contribution in [0.3, 0.4) is 0 Å². The summed E-state index contributed by atoms with van der Waals surface area (Å²) >= 11 is 0. The van der Waals surface area contributed by atoms with Gasteiger partial charge in [0.15, 0.2) is 13.2 Å². The molecule has 1 heterocycles. The van der Waals surface area contributed by atoms with E-state index in [1.807, 2.05) is 19.1 Å². The summed E-state index contributed by atoms with van der Waals surface area (Å²) in [6.45, 7) is 2.35. The number of anilines is 2. The molecule has 0 saturated heterocycles. The van der Waals surface area contributed by atoms with Gasteiger partial charge < -0.3 is 20.1 Å². The van der Waals surface area contributed by atoms with Crippen molar-refractivity contribution >= 4 is 11.6 Å². The highest BCUT2D eigenvalue weighted by Crippen LogP contribution is 2.24.